The zero-order chi connectivity index (χ0) is 19.9. The summed E-state index contributed by atoms with van der Waals surface area (Å²) in [6, 6.07) is 15.6. The van der Waals surface area contributed by atoms with E-state index in [0.29, 0.717) is 18.7 Å². The van der Waals surface area contributed by atoms with Gasteiger partial charge in [-0.3, -0.25) is 9.10 Å². The summed E-state index contributed by atoms with van der Waals surface area (Å²) >= 11 is 0. The summed E-state index contributed by atoms with van der Waals surface area (Å²) in [5, 5.41) is 2.77. The maximum atomic E-state index is 12.6. The number of hydrogen-bond acceptors (Lipinski definition) is 4. The summed E-state index contributed by atoms with van der Waals surface area (Å²) in [4.78, 5) is 12.6. The monoisotopic (exact) mass is 390 g/mol. The molecule has 1 unspecified atom stereocenters. The van der Waals surface area contributed by atoms with E-state index in [1.54, 1.807) is 19.1 Å². The third-order valence-electron chi connectivity index (χ3n) is 4.03. The lowest BCUT2D eigenvalue weighted by Gasteiger charge is -2.30. The molecule has 2 aromatic carbocycles. The fourth-order valence-electron chi connectivity index (χ4n) is 2.73. The first-order valence-electron chi connectivity index (χ1n) is 8.84. The minimum Gasteiger partial charge on any atom is -0.492 e. The molecule has 0 spiro atoms. The van der Waals surface area contributed by atoms with Gasteiger partial charge in [0.05, 0.1) is 18.5 Å². The third kappa shape index (κ3) is 5.99. The molecule has 2 aromatic rings. The van der Waals surface area contributed by atoms with E-state index in [9.17, 15) is 13.2 Å². The molecular formula is C20H26N2O4S. The van der Waals surface area contributed by atoms with Crippen molar-refractivity contribution in [2.45, 2.75) is 26.3 Å². The van der Waals surface area contributed by atoms with E-state index in [2.05, 4.69) is 5.32 Å². The van der Waals surface area contributed by atoms with Crippen LogP contribution in [0.1, 0.15) is 18.9 Å². The van der Waals surface area contributed by atoms with E-state index >= 15 is 0 Å². The van der Waals surface area contributed by atoms with Gasteiger partial charge in [0.2, 0.25) is 15.9 Å². The Bertz CT molecular complexity index is 836. The number of nitrogens with zero attached hydrogens (tertiary/aromatic N) is 1. The van der Waals surface area contributed by atoms with Gasteiger partial charge in [0.25, 0.3) is 0 Å². The molecule has 0 aromatic heterocycles. The number of rotatable bonds is 9. The van der Waals surface area contributed by atoms with Crippen molar-refractivity contribution in [2.24, 2.45) is 0 Å². The van der Waals surface area contributed by atoms with Crippen LogP contribution >= 0.6 is 0 Å². The van der Waals surface area contributed by atoms with E-state index in [1.807, 2.05) is 49.4 Å². The van der Waals surface area contributed by atoms with Crippen LogP contribution < -0.4 is 14.4 Å². The molecule has 27 heavy (non-hydrogen) atoms. The van der Waals surface area contributed by atoms with Crippen LogP contribution in [0.4, 0.5) is 5.69 Å². The van der Waals surface area contributed by atoms with Crippen molar-refractivity contribution in [3.8, 4) is 5.75 Å². The highest BCUT2D eigenvalue weighted by molar-refractivity contribution is 7.92. The molecule has 1 atom stereocenters. The van der Waals surface area contributed by atoms with E-state index in [4.69, 9.17) is 4.74 Å². The fourth-order valence-corrected chi connectivity index (χ4v) is 3.94. The van der Waals surface area contributed by atoms with E-state index in [0.717, 1.165) is 17.6 Å². The van der Waals surface area contributed by atoms with Gasteiger partial charge in [-0.2, -0.15) is 0 Å². The third-order valence-corrected chi connectivity index (χ3v) is 5.21. The van der Waals surface area contributed by atoms with Crippen LogP contribution in [-0.4, -0.2) is 39.8 Å². The lowest BCUT2D eigenvalue weighted by atomic mass is 10.1. The zero-order valence-electron chi connectivity index (χ0n) is 15.9. The normalized spacial score (nSPS) is 12.3. The molecule has 7 heteroatoms. The molecular weight excluding hydrogens is 364 g/mol. The van der Waals surface area contributed by atoms with Crippen LogP contribution in [0, 0.1) is 6.92 Å². The van der Waals surface area contributed by atoms with Crippen LogP contribution in [0.3, 0.4) is 0 Å². The highest BCUT2D eigenvalue weighted by Gasteiger charge is 2.31. The first-order chi connectivity index (χ1) is 12.8. The highest BCUT2D eigenvalue weighted by atomic mass is 32.2. The van der Waals surface area contributed by atoms with Gasteiger partial charge in [-0.25, -0.2) is 8.42 Å². The number of benzene rings is 2. The number of carbonyl (C=O) groups is 1. The Hall–Kier alpha value is -2.54. The summed E-state index contributed by atoms with van der Waals surface area (Å²) in [5.74, 6) is 0.372. The van der Waals surface area contributed by atoms with Crippen molar-refractivity contribution in [3.63, 3.8) is 0 Å². The Morgan fingerprint density at radius 3 is 2.30 bits per heavy atom. The van der Waals surface area contributed by atoms with Gasteiger partial charge < -0.3 is 10.1 Å². The summed E-state index contributed by atoms with van der Waals surface area (Å²) in [5.41, 5.74) is 1.49. The van der Waals surface area contributed by atoms with E-state index < -0.39 is 16.1 Å². The van der Waals surface area contributed by atoms with Gasteiger partial charge in [-0.05, 0) is 37.6 Å². The highest BCUT2D eigenvalue weighted by Crippen LogP contribution is 2.22. The van der Waals surface area contributed by atoms with Gasteiger partial charge in [0.1, 0.15) is 18.4 Å². The molecule has 0 heterocycles. The molecule has 0 fully saturated rings. The summed E-state index contributed by atoms with van der Waals surface area (Å²) in [6.45, 7) is 4.30. The number of sulfonamides is 1. The first kappa shape index (κ1) is 20.8. The maximum Gasteiger partial charge on any atom is 0.244 e. The zero-order valence-corrected chi connectivity index (χ0v) is 16.7. The number of para-hydroxylation sites is 1. The predicted molar refractivity (Wildman–Crippen MR) is 108 cm³/mol. The van der Waals surface area contributed by atoms with E-state index in [-0.39, 0.29) is 12.5 Å². The Balaban J connectivity index is 2.04. The first-order valence-corrected chi connectivity index (χ1v) is 10.7. The van der Waals surface area contributed by atoms with Gasteiger partial charge in [0.15, 0.2) is 0 Å². The number of anilines is 1. The lowest BCUT2D eigenvalue weighted by molar-refractivity contribution is -0.122. The van der Waals surface area contributed by atoms with Crippen LogP contribution in [0.5, 0.6) is 5.75 Å². The Morgan fingerprint density at radius 2 is 1.74 bits per heavy atom. The second-order valence-electron chi connectivity index (χ2n) is 6.27. The van der Waals surface area contributed by atoms with Crippen LogP contribution in [-0.2, 0) is 14.8 Å². The van der Waals surface area contributed by atoms with Crippen LogP contribution in [0.2, 0.25) is 0 Å². The molecule has 0 radical (unpaired) electrons. The van der Waals surface area contributed by atoms with Crippen molar-refractivity contribution in [1.29, 1.82) is 0 Å². The number of hydrogen-bond donors (Lipinski definition) is 1. The number of amides is 1. The Morgan fingerprint density at radius 1 is 1.11 bits per heavy atom. The van der Waals surface area contributed by atoms with Gasteiger partial charge in [0, 0.05) is 0 Å². The molecule has 146 valence electrons. The van der Waals surface area contributed by atoms with Crippen molar-refractivity contribution < 1.29 is 17.9 Å². The molecule has 2 rings (SSSR count). The molecule has 0 aliphatic heterocycles. The molecule has 6 nitrogen and oxygen atoms in total. The smallest absolute Gasteiger partial charge is 0.244 e. The predicted octanol–water partition coefficient (Wildman–Crippen LogP) is 2.73. The summed E-state index contributed by atoms with van der Waals surface area (Å²) in [7, 11) is -3.62. The molecule has 0 aliphatic carbocycles. The Kier molecular flexibility index (Phi) is 7.24. The molecule has 0 bridgehead atoms. The second-order valence-corrected chi connectivity index (χ2v) is 8.13. The van der Waals surface area contributed by atoms with Crippen molar-refractivity contribution >= 4 is 21.6 Å². The van der Waals surface area contributed by atoms with Crippen LogP contribution in [0.15, 0.2) is 54.6 Å². The average Bonchev–Trinajstić information content (AvgIpc) is 2.64. The van der Waals surface area contributed by atoms with Gasteiger partial charge in [-0.1, -0.05) is 42.8 Å². The number of carbonyl (C=O) groups excluding carboxylic acids is 1. The fraction of sp³-hybridized carbons (Fsp3) is 0.350. The van der Waals surface area contributed by atoms with E-state index in [1.165, 1.54) is 4.31 Å². The maximum absolute atomic E-state index is 12.6. The number of ether oxygens (including phenoxy) is 1. The Labute approximate surface area is 161 Å². The summed E-state index contributed by atoms with van der Waals surface area (Å²) in [6.07, 6.45) is 1.47. The number of nitrogens with one attached hydrogen (secondary N) is 1. The standard InChI is InChI=1S/C20H26N2O4S/c1-4-19(20(23)21-14-15-26-18-8-6-5-7-9-18)22(27(3,24)25)17-12-10-16(2)11-13-17/h5-13,19H,4,14-15H2,1-3H3,(H,21,23). The minimum atomic E-state index is -3.62. The molecule has 0 aliphatic rings. The quantitative estimate of drug-likeness (QED) is 0.668. The molecule has 0 saturated carbocycles. The van der Waals surface area contributed by atoms with Crippen LogP contribution in [0.25, 0.3) is 0 Å². The van der Waals surface area contributed by atoms with Crippen molar-refractivity contribution in [3.05, 3.63) is 60.2 Å². The van der Waals surface area contributed by atoms with Crippen molar-refractivity contribution in [1.82, 2.24) is 5.32 Å². The van der Waals surface area contributed by atoms with Crippen molar-refractivity contribution in [2.75, 3.05) is 23.7 Å². The SMILES string of the molecule is CCC(C(=O)NCCOc1ccccc1)N(c1ccc(C)cc1)S(C)(=O)=O. The summed E-state index contributed by atoms with van der Waals surface area (Å²) < 4.78 is 31.4. The average molecular weight is 391 g/mol. The van der Waals surface area contributed by atoms with Gasteiger partial charge >= 0.3 is 0 Å². The minimum absolute atomic E-state index is 0.287. The lowest BCUT2D eigenvalue weighted by Crippen LogP contribution is -2.50. The molecule has 0 saturated heterocycles. The topological polar surface area (TPSA) is 75.7 Å². The number of aryl methyl sites for hydroxylation is 1. The second kappa shape index (κ2) is 9.41. The van der Waals surface area contributed by atoms with Gasteiger partial charge in [-0.15, -0.1) is 0 Å². The largest absolute Gasteiger partial charge is 0.492 e. The molecule has 1 N–H and O–H groups in total. The molecule has 1 amide bonds.